The standard InChI is InChI=1S/C8H5NO/c10-5-8-6-3-1-2-4-7(6)9-8/h1-5H. The van der Waals surface area contributed by atoms with Crippen LogP contribution in [0.4, 0.5) is 5.69 Å². The molecule has 0 bridgehead atoms. The number of aliphatic imine (C=N–C) groups is 1. The Labute approximate surface area is 58.2 Å². The maximum absolute atomic E-state index is 10.2. The van der Waals surface area contributed by atoms with E-state index in [9.17, 15) is 4.79 Å². The summed E-state index contributed by atoms with van der Waals surface area (Å²) in [6, 6.07) is 7.59. The maximum Gasteiger partial charge on any atom is 0.169 e. The molecular weight excluding hydrogens is 126 g/mol. The SMILES string of the molecule is O=CC1=Nc2ccccc21. The highest BCUT2D eigenvalue weighted by atomic mass is 16.1. The fourth-order valence-electron chi connectivity index (χ4n) is 1.01. The predicted octanol–water partition coefficient (Wildman–Crippen LogP) is 1.32. The summed E-state index contributed by atoms with van der Waals surface area (Å²) in [4.78, 5) is 14.2. The number of para-hydroxylation sites is 1. The molecule has 1 aliphatic heterocycles. The molecule has 1 aromatic rings. The molecule has 0 saturated heterocycles. The van der Waals surface area contributed by atoms with E-state index < -0.39 is 0 Å². The van der Waals surface area contributed by atoms with E-state index in [2.05, 4.69) is 4.99 Å². The zero-order valence-electron chi connectivity index (χ0n) is 5.24. The number of benzene rings is 1. The molecule has 0 amide bonds. The van der Waals surface area contributed by atoms with Crippen LogP contribution in [0.5, 0.6) is 0 Å². The van der Waals surface area contributed by atoms with Crippen molar-refractivity contribution in [3.05, 3.63) is 29.8 Å². The molecule has 0 radical (unpaired) electrons. The van der Waals surface area contributed by atoms with Crippen LogP contribution in [0, 0.1) is 0 Å². The monoisotopic (exact) mass is 131 g/mol. The van der Waals surface area contributed by atoms with E-state index in [0.717, 1.165) is 17.5 Å². The van der Waals surface area contributed by atoms with Crippen molar-refractivity contribution in [2.75, 3.05) is 0 Å². The lowest BCUT2D eigenvalue weighted by Crippen LogP contribution is -2.09. The van der Waals surface area contributed by atoms with Gasteiger partial charge in [-0.05, 0) is 6.07 Å². The molecule has 2 nitrogen and oxygen atoms in total. The molecule has 0 spiro atoms. The van der Waals surface area contributed by atoms with E-state index >= 15 is 0 Å². The van der Waals surface area contributed by atoms with Crippen molar-refractivity contribution >= 4 is 17.7 Å². The Balaban J connectivity index is 2.52. The fourth-order valence-corrected chi connectivity index (χ4v) is 1.01. The first-order chi connectivity index (χ1) is 4.92. The molecule has 48 valence electrons. The van der Waals surface area contributed by atoms with Gasteiger partial charge in [-0.15, -0.1) is 0 Å². The Morgan fingerprint density at radius 3 is 2.80 bits per heavy atom. The van der Waals surface area contributed by atoms with Crippen molar-refractivity contribution < 1.29 is 4.79 Å². The molecule has 1 aliphatic rings. The minimum atomic E-state index is 0.565. The van der Waals surface area contributed by atoms with Crippen molar-refractivity contribution in [1.82, 2.24) is 0 Å². The smallest absolute Gasteiger partial charge is 0.169 e. The first-order valence-corrected chi connectivity index (χ1v) is 3.05. The average molecular weight is 131 g/mol. The third-order valence-electron chi connectivity index (χ3n) is 1.53. The summed E-state index contributed by atoms with van der Waals surface area (Å²) in [5, 5.41) is 0. The summed E-state index contributed by atoms with van der Waals surface area (Å²) in [5.41, 5.74) is 2.46. The first-order valence-electron chi connectivity index (χ1n) is 3.05. The van der Waals surface area contributed by atoms with Gasteiger partial charge in [-0.25, -0.2) is 4.99 Å². The van der Waals surface area contributed by atoms with Gasteiger partial charge in [0.05, 0.1) is 5.69 Å². The van der Waals surface area contributed by atoms with Gasteiger partial charge >= 0.3 is 0 Å². The number of fused-ring (bicyclic) bond motifs is 1. The summed E-state index contributed by atoms with van der Waals surface area (Å²) in [6.45, 7) is 0. The second-order valence-electron chi connectivity index (χ2n) is 2.13. The summed E-state index contributed by atoms with van der Waals surface area (Å²) in [7, 11) is 0. The van der Waals surface area contributed by atoms with Crippen LogP contribution in [0.1, 0.15) is 5.56 Å². The largest absolute Gasteiger partial charge is 0.296 e. The lowest BCUT2D eigenvalue weighted by Gasteiger charge is -2.11. The molecule has 1 heterocycles. The summed E-state index contributed by atoms with van der Waals surface area (Å²) in [6.07, 6.45) is 0.780. The molecule has 10 heavy (non-hydrogen) atoms. The predicted molar refractivity (Wildman–Crippen MR) is 38.7 cm³/mol. The van der Waals surface area contributed by atoms with E-state index in [1.54, 1.807) is 0 Å². The second kappa shape index (κ2) is 1.77. The van der Waals surface area contributed by atoms with E-state index in [-0.39, 0.29) is 0 Å². The minimum absolute atomic E-state index is 0.565. The van der Waals surface area contributed by atoms with Crippen molar-refractivity contribution in [3.63, 3.8) is 0 Å². The molecular formula is C8H5NO. The van der Waals surface area contributed by atoms with Crippen LogP contribution >= 0.6 is 0 Å². The van der Waals surface area contributed by atoms with Crippen molar-refractivity contribution in [2.45, 2.75) is 0 Å². The van der Waals surface area contributed by atoms with Crippen molar-refractivity contribution in [3.8, 4) is 0 Å². The van der Waals surface area contributed by atoms with Gasteiger partial charge < -0.3 is 0 Å². The number of carbonyl (C=O) groups excluding carboxylic acids is 1. The number of hydrogen-bond acceptors (Lipinski definition) is 2. The van der Waals surface area contributed by atoms with Crippen molar-refractivity contribution in [1.29, 1.82) is 0 Å². The van der Waals surface area contributed by atoms with Crippen LogP contribution in [0.3, 0.4) is 0 Å². The number of rotatable bonds is 1. The Morgan fingerprint density at radius 1 is 1.30 bits per heavy atom. The van der Waals surface area contributed by atoms with Crippen LogP contribution in [-0.2, 0) is 4.79 Å². The first kappa shape index (κ1) is 5.35. The van der Waals surface area contributed by atoms with Crippen molar-refractivity contribution in [2.24, 2.45) is 4.99 Å². The Morgan fingerprint density at radius 2 is 2.10 bits per heavy atom. The lowest BCUT2D eigenvalue weighted by atomic mass is 10.0. The molecule has 0 unspecified atom stereocenters. The number of nitrogens with zero attached hydrogens (tertiary/aromatic N) is 1. The topological polar surface area (TPSA) is 29.4 Å². The summed E-state index contributed by atoms with van der Waals surface area (Å²) >= 11 is 0. The molecule has 1 aromatic carbocycles. The van der Waals surface area contributed by atoms with Crippen LogP contribution < -0.4 is 0 Å². The Hall–Kier alpha value is -1.44. The van der Waals surface area contributed by atoms with Crippen LogP contribution in [0.15, 0.2) is 29.3 Å². The van der Waals surface area contributed by atoms with Crippen LogP contribution in [0.2, 0.25) is 0 Å². The number of aldehydes is 1. The van der Waals surface area contributed by atoms with Crippen LogP contribution in [-0.4, -0.2) is 12.0 Å². The van der Waals surface area contributed by atoms with Crippen LogP contribution in [0.25, 0.3) is 0 Å². The molecule has 2 rings (SSSR count). The summed E-state index contributed by atoms with van der Waals surface area (Å²) < 4.78 is 0. The molecule has 2 heteroatoms. The molecule has 0 aliphatic carbocycles. The average Bonchev–Trinajstić information content (AvgIpc) is 1.92. The molecule has 0 fully saturated rings. The third-order valence-corrected chi connectivity index (χ3v) is 1.53. The fraction of sp³-hybridized carbons (Fsp3) is 0. The minimum Gasteiger partial charge on any atom is -0.296 e. The Kier molecular flexibility index (Phi) is 0.947. The highest BCUT2D eigenvalue weighted by Crippen LogP contribution is 2.27. The van der Waals surface area contributed by atoms with Gasteiger partial charge in [0.15, 0.2) is 6.29 Å². The third kappa shape index (κ3) is 0.530. The highest BCUT2D eigenvalue weighted by molar-refractivity contribution is 6.41. The summed E-state index contributed by atoms with van der Waals surface area (Å²) in [5.74, 6) is 0. The maximum atomic E-state index is 10.2. The van der Waals surface area contributed by atoms with Gasteiger partial charge in [0.1, 0.15) is 5.71 Å². The quantitative estimate of drug-likeness (QED) is 0.528. The van der Waals surface area contributed by atoms with E-state index in [0.29, 0.717) is 5.71 Å². The van der Waals surface area contributed by atoms with Gasteiger partial charge in [0, 0.05) is 5.56 Å². The van der Waals surface area contributed by atoms with Gasteiger partial charge in [-0.2, -0.15) is 0 Å². The molecule has 0 N–H and O–H groups in total. The van der Waals surface area contributed by atoms with Gasteiger partial charge in [0.25, 0.3) is 0 Å². The highest BCUT2D eigenvalue weighted by Gasteiger charge is 2.15. The normalized spacial score (nSPS) is 13.0. The van der Waals surface area contributed by atoms with E-state index in [1.165, 1.54) is 0 Å². The number of carbonyl (C=O) groups is 1. The van der Waals surface area contributed by atoms with E-state index in [1.807, 2.05) is 24.3 Å². The van der Waals surface area contributed by atoms with E-state index in [4.69, 9.17) is 0 Å². The molecule has 0 atom stereocenters. The second-order valence-corrected chi connectivity index (χ2v) is 2.13. The van der Waals surface area contributed by atoms with Gasteiger partial charge in [-0.3, -0.25) is 4.79 Å². The Bertz CT molecular complexity index is 315. The zero-order valence-corrected chi connectivity index (χ0v) is 5.24. The molecule has 0 aromatic heterocycles. The zero-order chi connectivity index (χ0) is 6.97. The molecule has 0 saturated carbocycles. The lowest BCUT2D eigenvalue weighted by molar-refractivity contribution is -0.102. The van der Waals surface area contributed by atoms with Gasteiger partial charge in [0.2, 0.25) is 0 Å². The number of hydrogen-bond donors (Lipinski definition) is 0. The van der Waals surface area contributed by atoms with Gasteiger partial charge in [-0.1, -0.05) is 18.2 Å².